The number of morpholine rings is 1. The van der Waals surface area contributed by atoms with Gasteiger partial charge in [0, 0.05) is 19.8 Å². The van der Waals surface area contributed by atoms with Crippen molar-refractivity contribution < 1.29 is 19.1 Å². The molecule has 1 aromatic rings. The minimum atomic E-state index is -0.408. The molecule has 0 spiro atoms. The Hall–Kier alpha value is -1.57. The number of anilines is 1. The van der Waals surface area contributed by atoms with Gasteiger partial charge >= 0.3 is 5.97 Å². The van der Waals surface area contributed by atoms with Crippen LogP contribution < -0.4 is 10.6 Å². The minimum absolute atomic E-state index is 0. The number of nitrogens with zero attached hydrogens (tertiary/aromatic N) is 1. The number of hydrogen-bond acceptors (Lipinski definition) is 5. The van der Waals surface area contributed by atoms with Gasteiger partial charge in [0.25, 0.3) is 0 Å². The molecule has 1 amide bonds. The average molecular weight is 318 g/mol. The first kappa shape index (κ1) is 17.5. The highest BCUT2D eigenvalue weighted by Gasteiger charge is 2.22. The standard InChI is InChI=1S/C13H19N3O4.ClH/c1-3-20-13(18)11-6-9(7-16(11)2)15-12(17)10-8-19-5-4-14-10;/h6-7,10,14H,3-5,8H2,1-2H3,(H,15,17);1H. The Bertz CT molecular complexity index is 498. The largest absolute Gasteiger partial charge is 0.461 e. The van der Waals surface area contributed by atoms with Crippen molar-refractivity contribution in [1.82, 2.24) is 9.88 Å². The van der Waals surface area contributed by atoms with Gasteiger partial charge in [-0.15, -0.1) is 12.4 Å². The van der Waals surface area contributed by atoms with Gasteiger partial charge in [-0.3, -0.25) is 4.79 Å². The van der Waals surface area contributed by atoms with Crippen molar-refractivity contribution in [2.24, 2.45) is 7.05 Å². The van der Waals surface area contributed by atoms with Crippen molar-refractivity contribution in [2.45, 2.75) is 13.0 Å². The Morgan fingerprint density at radius 3 is 2.95 bits per heavy atom. The molecule has 0 bridgehead atoms. The SMILES string of the molecule is CCOC(=O)c1cc(NC(=O)C2COCCN2)cn1C.Cl. The van der Waals surface area contributed by atoms with Gasteiger partial charge in [-0.05, 0) is 13.0 Å². The van der Waals surface area contributed by atoms with Gasteiger partial charge in [0.1, 0.15) is 11.7 Å². The van der Waals surface area contributed by atoms with Gasteiger partial charge in [0.15, 0.2) is 0 Å². The fourth-order valence-electron chi connectivity index (χ4n) is 2.00. The molecule has 1 aromatic heterocycles. The van der Waals surface area contributed by atoms with E-state index in [1.165, 1.54) is 0 Å². The van der Waals surface area contributed by atoms with Crippen LogP contribution in [0.25, 0.3) is 0 Å². The second-order valence-electron chi connectivity index (χ2n) is 4.52. The highest BCUT2D eigenvalue weighted by atomic mass is 35.5. The molecule has 1 atom stereocenters. The first-order chi connectivity index (χ1) is 9.61. The molecule has 1 aliphatic rings. The van der Waals surface area contributed by atoms with Crippen LogP contribution in [0.3, 0.4) is 0 Å². The summed E-state index contributed by atoms with van der Waals surface area (Å²) in [6.45, 7) is 3.68. The van der Waals surface area contributed by atoms with Crippen molar-refractivity contribution in [1.29, 1.82) is 0 Å². The summed E-state index contributed by atoms with van der Waals surface area (Å²) < 4.78 is 11.8. The summed E-state index contributed by atoms with van der Waals surface area (Å²) in [5, 5.41) is 5.83. The topological polar surface area (TPSA) is 81.6 Å². The number of carbonyl (C=O) groups is 2. The molecular formula is C13H20ClN3O4. The van der Waals surface area contributed by atoms with Crippen molar-refractivity contribution in [3.63, 3.8) is 0 Å². The van der Waals surface area contributed by atoms with Gasteiger partial charge in [0.2, 0.25) is 5.91 Å². The third kappa shape index (κ3) is 4.45. The summed E-state index contributed by atoms with van der Waals surface area (Å²) in [5.74, 6) is -0.583. The smallest absolute Gasteiger partial charge is 0.355 e. The van der Waals surface area contributed by atoms with Crippen molar-refractivity contribution in [3.05, 3.63) is 18.0 Å². The molecule has 1 fully saturated rings. The van der Waals surface area contributed by atoms with E-state index < -0.39 is 5.97 Å². The van der Waals surface area contributed by atoms with E-state index in [1.54, 1.807) is 30.8 Å². The third-order valence-electron chi connectivity index (χ3n) is 3.00. The van der Waals surface area contributed by atoms with Gasteiger partial charge < -0.3 is 24.7 Å². The molecule has 1 unspecified atom stereocenters. The van der Waals surface area contributed by atoms with E-state index in [4.69, 9.17) is 9.47 Å². The van der Waals surface area contributed by atoms with Crippen LogP contribution >= 0.6 is 12.4 Å². The lowest BCUT2D eigenvalue weighted by atomic mass is 10.2. The van der Waals surface area contributed by atoms with Crippen LogP contribution in [-0.4, -0.2) is 48.9 Å². The molecule has 118 valence electrons. The number of esters is 1. The Kier molecular flexibility index (Phi) is 6.67. The van der Waals surface area contributed by atoms with E-state index >= 15 is 0 Å². The van der Waals surface area contributed by atoms with Crippen LogP contribution in [0, 0.1) is 0 Å². The number of amides is 1. The molecule has 1 aliphatic heterocycles. The molecule has 0 aromatic carbocycles. The second kappa shape index (κ2) is 8.02. The minimum Gasteiger partial charge on any atom is -0.461 e. The summed E-state index contributed by atoms with van der Waals surface area (Å²) >= 11 is 0. The monoisotopic (exact) mass is 317 g/mol. The summed E-state index contributed by atoms with van der Waals surface area (Å²) in [5.41, 5.74) is 0.961. The highest BCUT2D eigenvalue weighted by Crippen LogP contribution is 2.14. The van der Waals surface area contributed by atoms with E-state index in [0.29, 0.717) is 37.7 Å². The van der Waals surface area contributed by atoms with Crippen molar-refractivity contribution in [3.8, 4) is 0 Å². The number of ether oxygens (including phenoxy) is 2. The highest BCUT2D eigenvalue weighted by molar-refractivity contribution is 5.97. The Morgan fingerprint density at radius 1 is 1.57 bits per heavy atom. The molecule has 0 aliphatic carbocycles. The number of halogens is 1. The zero-order valence-corrected chi connectivity index (χ0v) is 12.9. The van der Waals surface area contributed by atoms with Crippen LogP contribution in [0.1, 0.15) is 17.4 Å². The Labute approximate surface area is 129 Å². The normalized spacial score (nSPS) is 17.7. The molecule has 2 N–H and O–H groups in total. The van der Waals surface area contributed by atoms with Crippen LogP contribution in [0.5, 0.6) is 0 Å². The van der Waals surface area contributed by atoms with E-state index in [-0.39, 0.29) is 24.4 Å². The molecule has 7 nitrogen and oxygen atoms in total. The number of rotatable bonds is 4. The van der Waals surface area contributed by atoms with E-state index in [9.17, 15) is 9.59 Å². The lowest BCUT2D eigenvalue weighted by Gasteiger charge is -2.22. The van der Waals surface area contributed by atoms with Gasteiger partial charge in [-0.1, -0.05) is 0 Å². The third-order valence-corrected chi connectivity index (χ3v) is 3.00. The summed E-state index contributed by atoms with van der Waals surface area (Å²) in [6.07, 6.45) is 1.67. The molecular weight excluding hydrogens is 298 g/mol. The fourth-order valence-corrected chi connectivity index (χ4v) is 2.00. The summed E-state index contributed by atoms with van der Waals surface area (Å²) in [7, 11) is 1.73. The van der Waals surface area contributed by atoms with Crippen LogP contribution in [0.2, 0.25) is 0 Å². The lowest BCUT2D eigenvalue weighted by molar-refractivity contribution is -0.120. The molecule has 2 rings (SSSR count). The molecule has 21 heavy (non-hydrogen) atoms. The van der Waals surface area contributed by atoms with Gasteiger partial charge in [0.05, 0.1) is 25.5 Å². The van der Waals surface area contributed by atoms with Crippen LogP contribution in [-0.2, 0) is 21.3 Å². The summed E-state index contributed by atoms with van der Waals surface area (Å²) in [4.78, 5) is 23.7. The number of aromatic nitrogens is 1. The number of aryl methyl sites for hydroxylation is 1. The molecule has 1 saturated heterocycles. The van der Waals surface area contributed by atoms with E-state index in [1.807, 2.05) is 0 Å². The summed E-state index contributed by atoms with van der Waals surface area (Å²) in [6, 6.07) is 1.23. The molecule has 8 heteroatoms. The van der Waals surface area contributed by atoms with Crippen molar-refractivity contribution in [2.75, 3.05) is 31.7 Å². The van der Waals surface area contributed by atoms with Crippen LogP contribution in [0.4, 0.5) is 5.69 Å². The average Bonchev–Trinajstić information content (AvgIpc) is 2.81. The predicted octanol–water partition coefficient (Wildman–Crippen LogP) is 0.550. The molecule has 0 saturated carbocycles. The number of hydrogen-bond donors (Lipinski definition) is 2. The Balaban J connectivity index is 0.00000220. The number of carbonyl (C=O) groups excluding carboxylic acids is 2. The van der Waals surface area contributed by atoms with Crippen LogP contribution in [0.15, 0.2) is 12.3 Å². The van der Waals surface area contributed by atoms with E-state index in [2.05, 4.69) is 10.6 Å². The van der Waals surface area contributed by atoms with Gasteiger partial charge in [-0.25, -0.2) is 4.79 Å². The first-order valence-corrected chi connectivity index (χ1v) is 6.57. The maximum Gasteiger partial charge on any atom is 0.355 e. The maximum atomic E-state index is 12.0. The predicted molar refractivity (Wildman–Crippen MR) is 79.9 cm³/mol. The number of nitrogens with one attached hydrogen (secondary N) is 2. The Morgan fingerprint density at radius 2 is 2.33 bits per heavy atom. The fraction of sp³-hybridized carbons (Fsp3) is 0.538. The molecule has 2 heterocycles. The lowest BCUT2D eigenvalue weighted by Crippen LogP contribution is -2.48. The van der Waals surface area contributed by atoms with E-state index in [0.717, 1.165) is 0 Å². The zero-order valence-electron chi connectivity index (χ0n) is 12.0. The van der Waals surface area contributed by atoms with Gasteiger partial charge in [-0.2, -0.15) is 0 Å². The second-order valence-corrected chi connectivity index (χ2v) is 4.52. The first-order valence-electron chi connectivity index (χ1n) is 6.57. The molecule has 0 radical (unpaired) electrons. The maximum absolute atomic E-state index is 12.0. The van der Waals surface area contributed by atoms with Crippen molar-refractivity contribution >= 4 is 30.0 Å². The zero-order chi connectivity index (χ0) is 14.5. The quantitative estimate of drug-likeness (QED) is 0.793.